The Morgan fingerprint density at radius 2 is 2.18 bits per heavy atom. The first-order chi connectivity index (χ1) is 16.1. The number of aromatic nitrogens is 1. The number of esters is 1. The van der Waals surface area contributed by atoms with Crippen LogP contribution in [0.3, 0.4) is 0 Å². The van der Waals surface area contributed by atoms with Crippen LogP contribution in [0.5, 0.6) is 0 Å². The lowest BCUT2D eigenvalue weighted by Gasteiger charge is -2.30. The molecule has 34 heavy (non-hydrogen) atoms. The van der Waals surface area contributed by atoms with Crippen LogP contribution >= 0.6 is 27.3 Å². The standard InChI is InChI=1S/C21H18BrF3N4O4S/c1-33-20(32)15-13(8-29-9-21(24,25)7-14(29)19(30)31)27-17(18-26-4-5-34-18)28-16(15)11-3-2-10(23)6-12(11)22/h2-6,14,16H,7-9H2,1H3,(H,27,28)(H,30,31)/t14-,16?/m0/s1. The quantitative estimate of drug-likeness (QED) is 0.524. The fraction of sp³-hybridized carbons (Fsp3) is 0.333. The summed E-state index contributed by atoms with van der Waals surface area (Å²) in [4.78, 5) is 34.4. The molecule has 1 fully saturated rings. The molecule has 1 aromatic carbocycles. The molecule has 0 aliphatic carbocycles. The summed E-state index contributed by atoms with van der Waals surface area (Å²) in [6, 6.07) is 1.43. The van der Waals surface area contributed by atoms with Gasteiger partial charge in [0.2, 0.25) is 0 Å². The van der Waals surface area contributed by atoms with Crippen LogP contribution in [0.2, 0.25) is 0 Å². The first-order valence-corrected chi connectivity index (χ1v) is 11.6. The van der Waals surface area contributed by atoms with Gasteiger partial charge >= 0.3 is 11.9 Å². The Labute approximate surface area is 204 Å². The maximum absolute atomic E-state index is 14.1. The second kappa shape index (κ2) is 9.47. The lowest BCUT2D eigenvalue weighted by atomic mass is 9.95. The zero-order valence-electron chi connectivity index (χ0n) is 17.6. The average Bonchev–Trinajstić information content (AvgIpc) is 3.40. The summed E-state index contributed by atoms with van der Waals surface area (Å²) in [7, 11) is 1.16. The third-order valence-electron chi connectivity index (χ3n) is 5.44. The number of rotatable bonds is 6. The summed E-state index contributed by atoms with van der Waals surface area (Å²) in [5.74, 6) is -5.63. The molecule has 4 rings (SSSR count). The molecule has 1 aromatic heterocycles. The Bertz CT molecular complexity index is 1190. The fourth-order valence-electron chi connectivity index (χ4n) is 3.96. The Morgan fingerprint density at radius 1 is 1.41 bits per heavy atom. The van der Waals surface area contributed by atoms with Crippen molar-refractivity contribution in [2.45, 2.75) is 24.4 Å². The highest BCUT2D eigenvalue weighted by molar-refractivity contribution is 9.10. The molecule has 2 aromatic rings. The molecule has 13 heteroatoms. The number of aliphatic imine (C=N–C) groups is 1. The van der Waals surface area contributed by atoms with E-state index in [0.29, 0.717) is 15.0 Å². The molecule has 2 N–H and O–H groups in total. The smallest absolute Gasteiger partial charge is 0.338 e. The number of alkyl halides is 2. The number of amidine groups is 1. The van der Waals surface area contributed by atoms with Gasteiger partial charge in [0.1, 0.15) is 17.9 Å². The number of carbonyl (C=O) groups excluding carboxylic acids is 1. The van der Waals surface area contributed by atoms with Gasteiger partial charge in [0.15, 0.2) is 10.8 Å². The maximum Gasteiger partial charge on any atom is 0.338 e. The highest BCUT2D eigenvalue weighted by Crippen LogP contribution is 2.38. The highest BCUT2D eigenvalue weighted by atomic mass is 79.9. The van der Waals surface area contributed by atoms with Gasteiger partial charge in [-0.05, 0) is 17.7 Å². The lowest BCUT2D eigenvalue weighted by molar-refractivity contribution is -0.142. The number of halogens is 4. The molecule has 0 saturated carbocycles. The second-order valence-electron chi connectivity index (χ2n) is 7.71. The number of carboxylic acids is 1. The predicted octanol–water partition coefficient (Wildman–Crippen LogP) is 3.36. The number of hydrogen-bond acceptors (Lipinski definition) is 8. The van der Waals surface area contributed by atoms with E-state index in [4.69, 9.17) is 4.74 Å². The van der Waals surface area contributed by atoms with Gasteiger partial charge in [-0.1, -0.05) is 22.0 Å². The molecule has 0 amide bonds. The molecule has 8 nitrogen and oxygen atoms in total. The van der Waals surface area contributed by atoms with Gasteiger partial charge in [0.05, 0.1) is 19.2 Å². The summed E-state index contributed by atoms with van der Waals surface area (Å²) >= 11 is 4.55. The number of carboxylic acid groups (broad SMARTS) is 1. The van der Waals surface area contributed by atoms with E-state index in [2.05, 4.69) is 31.2 Å². The number of carbonyl (C=O) groups is 2. The minimum Gasteiger partial charge on any atom is -0.480 e. The summed E-state index contributed by atoms with van der Waals surface area (Å²) in [5.41, 5.74) is 0.572. The largest absolute Gasteiger partial charge is 0.480 e. The Morgan fingerprint density at radius 3 is 2.79 bits per heavy atom. The molecular weight excluding hydrogens is 541 g/mol. The number of hydrogen-bond donors (Lipinski definition) is 2. The predicted molar refractivity (Wildman–Crippen MR) is 120 cm³/mol. The molecule has 0 bridgehead atoms. The second-order valence-corrected chi connectivity index (χ2v) is 9.46. The molecule has 2 aliphatic heterocycles. The highest BCUT2D eigenvalue weighted by Gasteiger charge is 2.49. The zero-order chi connectivity index (χ0) is 24.6. The molecule has 3 heterocycles. The van der Waals surface area contributed by atoms with Crippen LogP contribution in [0.25, 0.3) is 0 Å². The lowest BCUT2D eigenvalue weighted by Crippen LogP contribution is -2.43. The first kappa shape index (κ1) is 24.4. The molecule has 0 spiro atoms. The summed E-state index contributed by atoms with van der Waals surface area (Å²) in [6.07, 6.45) is 0.706. The van der Waals surface area contributed by atoms with E-state index in [0.717, 1.165) is 12.0 Å². The van der Waals surface area contributed by atoms with Crippen molar-refractivity contribution in [2.24, 2.45) is 4.99 Å². The molecule has 0 radical (unpaired) electrons. The SMILES string of the molecule is COC(=O)C1=C(CN2CC(F)(F)C[C@H]2C(=O)O)NC(c2nccs2)=NC1c1ccc(F)cc1Br. The molecule has 1 unspecified atom stereocenters. The minimum absolute atomic E-state index is 0.00512. The zero-order valence-corrected chi connectivity index (χ0v) is 20.0. The number of benzene rings is 1. The van der Waals surface area contributed by atoms with Crippen LogP contribution in [-0.2, 0) is 14.3 Å². The minimum atomic E-state index is -3.20. The van der Waals surface area contributed by atoms with E-state index >= 15 is 0 Å². The van der Waals surface area contributed by atoms with E-state index < -0.39 is 48.7 Å². The van der Waals surface area contributed by atoms with Crippen molar-refractivity contribution < 1.29 is 32.6 Å². The first-order valence-electron chi connectivity index (χ1n) is 9.95. The molecule has 2 atom stereocenters. The van der Waals surface area contributed by atoms with Gasteiger partial charge in [-0.3, -0.25) is 14.7 Å². The van der Waals surface area contributed by atoms with Crippen molar-refractivity contribution in [1.29, 1.82) is 0 Å². The normalized spacial score (nSPS) is 22.3. The number of nitrogens with one attached hydrogen (secondary N) is 1. The monoisotopic (exact) mass is 558 g/mol. The summed E-state index contributed by atoms with van der Waals surface area (Å²) in [5, 5.41) is 14.6. The van der Waals surface area contributed by atoms with Gasteiger partial charge < -0.3 is 15.2 Å². The molecule has 180 valence electrons. The van der Waals surface area contributed by atoms with Crippen LogP contribution in [-0.4, -0.2) is 64.9 Å². The Balaban J connectivity index is 1.84. The number of nitrogens with zero attached hydrogens (tertiary/aromatic N) is 3. The number of ether oxygens (including phenoxy) is 1. The third-order valence-corrected chi connectivity index (χ3v) is 6.90. The van der Waals surface area contributed by atoms with E-state index in [-0.39, 0.29) is 23.7 Å². The van der Waals surface area contributed by atoms with Crippen LogP contribution in [0.4, 0.5) is 13.2 Å². The number of methoxy groups -OCH3 is 1. The number of likely N-dealkylation sites (tertiary alicyclic amines) is 1. The molecule has 1 saturated heterocycles. The van der Waals surface area contributed by atoms with E-state index in [9.17, 15) is 27.9 Å². The van der Waals surface area contributed by atoms with Crippen LogP contribution in [0.1, 0.15) is 23.0 Å². The van der Waals surface area contributed by atoms with E-state index in [1.807, 2.05) is 0 Å². The average molecular weight is 559 g/mol. The van der Waals surface area contributed by atoms with Gasteiger partial charge in [0, 0.05) is 34.7 Å². The summed E-state index contributed by atoms with van der Waals surface area (Å²) in [6.45, 7) is -1.10. The molecular formula is C21H18BrF3N4O4S. The molecule has 2 aliphatic rings. The van der Waals surface area contributed by atoms with Crippen LogP contribution < -0.4 is 5.32 Å². The van der Waals surface area contributed by atoms with Gasteiger partial charge in [-0.25, -0.2) is 22.9 Å². The Hall–Kier alpha value is -2.77. The van der Waals surface area contributed by atoms with Crippen LogP contribution in [0.15, 0.2) is 50.5 Å². The van der Waals surface area contributed by atoms with Gasteiger partial charge in [0.25, 0.3) is 5.92 Å². The van der Waals surface area contributed by atoms with Crippen molar-refractivity contribution in [3.63, 3.8) is 0 Å². The van der Waals surface area contributed by atoms with E-state index in [1.165, 1.54) is 29.5 Å². The maximum atomic E-state index is 14.1. The van der Waals surface area contributed by atoms with Gasteiger partial charge in [-0.15, -0.1) is 11.3 Å². The number of aliphatic carboxylic acids is 1. The topological polar surface area (TPSA) is 104 Å². The Kier molecular flexibility index (Phi) is 6.78. The van der Waals surface area contributed by atoms with Crippen molar-refractivity contribution in [1.82, 2.24) is 15.2 Å². The fourth-order valence-corrected chi connectivity index (χ4v) is 5.12. The van der Waals surface area contributed by atoms with Crippen molar-refractivity contribution in [3.05, 3.63) is 61.9 Å². The third kappa shape index (κ3) is 4.86. The van der Waals surface area contributed by atoms with Crippen molar-refractivity contribution >= 4 is 45.0 Å². The summed E-state index contributed by atoms with van der Waals surface area (Å²) < 4.78 is 47.2. The van der Waals surface area contributed by atoms with Crippen LogP contribution in [0, 0.1) is 5.82 Å². The van der Waals surface area contributed by atoms with Crippen molar-refractivity contribution in [2.75, 3.05) is 20.2 Å². The van der Waals surface area contributed by atoms with Gasteiger partial charge in [-0.2, -0.15) is 0 Å². The van der Waals surface area contributed by atoms with E-state index in [1.54, 1.807) is 11.6 Å². The van der Waals surface area contributed by atoms with Crippen molar-refractivity contribution in [3.8, 4) is 0 Å². The number of thiazole rings is 1.